The predicted molar refractivity (Wildman–Crippen MR) is 119 cm³/mol. The second-order valence-corrected chi connectivity index (χ2v) is 6.84. The maximum absolute atomic E-state index is 12.4. The van der Waals surface area contributed by atoms with Gasteiger partial charge in [-0.2, -0.15) is 0 Å². The molecule has 3 rings (SSSR count). The summed E-state index contributed by atoms with van der Waals surface area (Å²) in [6.07, 6.45) is -0.664. The van der Waals surface area contributed by atoms with Gasteiger partial charge in [-0.1, -0.05) is 42.5 Å². The molecule has 0 aliphatic carbocycles. The van der Waals surface area contributed by atoms with E-state index in [2.05, 4.69) is 10.6 Å². The van der Waals surface area contributed by atoms with Crippen molar-refractivity contribution in [2.75, 3.05) is 21.1 Å². The van der Waals surface area contributed by atoms with Crippen LogP contribution in [0.3, 0.4) is 0 Å². The first-order valence-corrected chi connectivity index (χ1v) is 9.51. The van der Waals surface area contributed by atoms with Gasteiger partial charge in [-0.05, 0) is 41.5 Å². The number of para-hydroxylation sites is 2. The van der Waals surface area contributed by atoms with Gasteiger partial charge in [0, 0.05) is 17.1 Å². The van der Waals surface area contributed by atoms with E-state index in [1.54, 1.807) is 60.7 Å². The molecule has 3 aromatic carbocycles. The predicted octanol–water partition coefficient (Wildman–Crippen LogP) is 3.44. The Morgan fingerprint density at radius 1 is 0.719 bits per heavy atom. The highest BCUT2D eigenvalue weighted by Gasteiger charge is 2.18. The van der Waals surface area contributed by atoms with Gasteiger partial charge >= 0.3 is 0 Å². The molecule has 0 fully saturated rings. The summed E-state index contributed by atoms with van der Waals surface area (Å²) >= 11 is 0. The van der Waals surface area contributed by atoms with Gasteiger partial charge in [-0.15, -0.1) is 5.23 Å². The molecule has 3 aromatic rings. The van der Waals surface area contributed by atoms with Crippen molar-refractivity contribution < 1.29 is 20.0 Å². The SMILES string of the molecule is O=C(Cc1cc(CC(=O)Nc2ccccc2)c(N(O)O)cc1N([O-])[O-])Nc1ccccc1. The van der Waals surface area contributed by atoms with Crippen LogP contribution in [-0.4, -0.2) is 22.2 Å². The summed E-state index contributed by atoms with van der Waals surface area (Å²) in [7, 11) is 0. The Kier molecular flexibility index (Phi) is 7.37. The summed E-state index contributed by atoms with van der Waals surface area (Å²) in [4.78, 5) is 24.9. The lowest BCUT2D eigenvalue weighted by Crippen LogP contribution is -2.21. The van der Waals surface area contributed by atoms with Crippen LogP contribution in [0.15, 0.2) is 72.8 Å². The number of rotatable bonds is 8. The van der Waals surface area contributed by atoms with Gasteiger partial charge in [0.1, 0.15) is 0 Å². The fourth-order valence-electron chi connectivity index (χ4n) is 3.11. The van der Waals surface area contributed by atoms with Crippen LogP contribution in [0, 0.1) is 10.4 Å². The highest BCUT2D eigenvalue weighted by atomic mass is 16.8. The van der Waals surface area contributed by atoms with Crippen molar-refractivity contribution in [1.82, 2.24) is 0 Å². The van der Waals surface area contributed by atoms with Gasteiger partial charge in [0.2, 0.25) is 11.8 Å². The average molecular weight is 436 g/mol. The van der Waals surface area contributed by atoms with Gasteiger partial charge in [0.25, 0.3) is 0 Å². The van der Waals surface area contributed by atoms with Crippen molar-refractivity contribution in [3.05, 3.63) is 94.3 Å². The molecule has 0 aromatic heterocycles. The minimum absolute atomic E-state index is 0.0246. The molecule has 166 valence electrons. The van der Waals surface area contributed by atoms with Gasteiger partial charge in [-0.3, -0.25) is 20.0 Å². The summed E-state index contributed by atoms with van der Waals surface area (Å²) in [5.74, 6) is -0.982. The van der Waals surface area contributed by atoms with E-state index in [9.17, 15) is 30.4 Å². The number of nitrogens with one attached hydrogen (secondary N) is 2. The Balaban J connectivity index is 1.86. The van der Waals surface area contributed by atoms with E-state index in [0.717, 1.165) is 6.07 Å². The summed E-state index contributed by atoms with van der Waals surface area (Å²) in [5.41, 5.74) is 0.355. The molecule has 2 amide bonds. The fraction of sp³-hybridized carbons (Fsp3) is 0.0909. The largest absolute Gasteiger partial charge is 0.769 e. The van der Waals surface area contributed by atoms with Crippen LogP contribution in [0.5, 0.6) is 0 Å². The molecule has 4 N–H and O–H groups in total. The van der Waals surface area contributed by atoms with Crippen LogP contribution in [0.25, 0.3) is 0 Å². The maximum atomic E-state index is 12.4. The second kappa shape index (κ2) is 10.4. The first-order valence-electron chi connectivity index (χ1n) is 9.51. The van der Waals surface area contributed by atoms with E-state index in [-0.39, 0.29) is 34.9 Å². The zero-order chi connectivity index (χ0) is 23.1. The lowest BCUT2D eigenvalue weighted by molar-refractivity contribution is -0.116. The third-order valence-corrected chi connectivity index (χ3v) is 4.51. The van der Waals surface area contributed by atoms with Crippen molar-refractivity contribution in [2.24, 2.45) is 0 Å². The Hall–Kier alpha value is -3.96. The molecule has 0 saturated heterocycles. The minimum Gasteiger partial charge on any atom is -0.769 e. The smallest absolute Gasteiger partial charge is 0.228 e. The van der Waals surface area contributed by atoms with E-state index in [1.807, 2.05) is 0 Å². The quantitative estimate of drug-likeness (QED) is 0.392. The molecule has 0 aliphatic heterocycles. The molecule has 0 heterocycles. The summed E-state index contributed by atoms with van der Waals surface area (Å²) in [5, 5.41) is 46.4. The number of hydrogen-bond donors (Lipinski definition) is 4. The number of amides is 2. The number of hydrogen-bond acceptors (Lipinski definition) is 8. The summed E-state index contributed by atoms with van der Waals surface area (Å²) in [6.45, 7) is 0. The van der Waals surface area contributed by atoms with Crippen LogP contribution in [0.4, 0.5) is 22.7 Å². The lowest BCUT2D eigenvalue weighted by atomic mass is 10.0. The maximum Gasteiger partial charge on any atom is 0.228 e. The standard InChI is InChI=1S/C22H20N4O6/c27-21(23-17-7-3-1-4-8-17)12-15-11-16(20(26(31)32)14-19(15)25(29)30)13-22(28)24-18-9-5-2-6-10-18/h1-11,14,29-30H,12-13H2,(H,23,27)(H,24,28)/q-2. The molecule has 32 heavy (non-hydrogen) atoms. The molecule has 0 saturated carbocycles. The van der Waals surface area contributed by atoms with Gasteiger partial charge in [0.05, 0.1) is 18.5 Å². The summed E-state index contributed by atoms with van der Waals surface area (Å²) in [6, 6.07) is 19.4. The van der Waals surface area contributed by atoms with Crippen LogP contribution in [0.1, 0.15) is 11.1 Å². The van der Waals surface area contributed by atoms with Crippen molar-refractivity contribution in [3.8, 4) is 0 Å². The van der Waals surface area contributed by atoms with E-state index >= 15 is 0 Å². The number of anilines is 4. The van der Waals surface area contributed by atoms with Gasteiger partial charge in [0.15, 0.2) is 0 Å². The summed E-state index contributed by atoms with van der Waals surface area (Å²) < 4.78 is 0. The van der Waals surface area contributed by atoms with Crippen LogP contribution >= 0.6 is 0 Å². The lowest BCUT2D eigenvalue weighted by Gasteiger charge is -2.39. The first kappa shape index (κ1) is 22.7. The highest BCUT2D eigenvalue weighted by molar-refractivity contribution is 5.95. The monoisotopic (exact) mass is 436 g/mol. The fourth-order valence-corrected chi connectivity index (χ4v) is 3.11. The van der Waals surface area contributed by atoms with E-state index in [1.165, 1.54) is 6.07 Å². The highest BCUT2D eigenvalue weighted by Crippen LogP contribution is 2.31. The molecule has 0 radical (unpaired) electrons. The van der Waals surface area contributed by atoms with Crippen molar-refractivity contribution in [1.29, 1.82) is 0 Å². The number of carbonyl (C=O) groups is 2. The number of carbonyl (C=O) groups excluding carboxylic acids is 2. The molecular formula is C22H20N4O6-2. The molecule has 0 aliphatic rings. The van der Waals surface area contributed by atoms with Crippen molar-refractivity contribution >= 4 is 34.6 Å². The molecule has 10 heteroatoms. The molecule has 0 bridgehead atoms. The zero-order valence-electron chi connectivity index (χ0n) is 16.8. The van der Waals surface area contributed by atoms with Crippen molar-refractivity contribution in [3.63, 3.8) is 0 Å². The first-order chi connectivity index (χ1) is 15.3. The Morgan fingerprint density at radius 2 is 1.16 bits per heavy atom. The van der Waals surface area contributed by atoms with Crippen LogP contribution < -0.4 is 21.1 Å². The third-order valence-electron chi connectivity index (χ3n) is 4.51. The Morgan fingerprint density at radius 3 is 1.56 bits per heavy atom. The van der Waals surface area contributed by atoms with E-state index < -0.39 is 22.7 Å². The minimum atomic E-state index is -0.730. The van der Waals surface area contributed by atoms with Crippen LogP contribution in [0.2, 0.25) is 0 Å². The average Bonchev–Trinajstić information content (AvgIpc) is 2.74. The molecule has 0 spiro atoms. The Labute approximate surface area is 183 Å². The topological polar surface area (TPSA) is 151 Å². The number of benzene rings is 3. The molecular weight excluding hydrogens is 416 g/mol. The molecule has 0 unspecified atom stereocenters. The number of nitrogens with zero attached hydrogens (tertiary/aromatic N) is 2. The normalized spacial score (nSPS) is 10.4. The van der Waals surface area contributed by atoms with E-state index in [0.29, 0.717) is 11.4 Å². The second-order valence-electron chi connectivity index (χ2n) is 6.84. The van der Waals surface area contributed by atoms with E-state index in [4.69, 9.17) is 0 Å². The molecule has 0 atom stereocenters. The molecule has 10 nitrogen and oxygen atoms in total. The van der Waals surface area contributed by atoms with Gasteiger partial charge < -0.3 is 26.3 Å². The van der Waals surface area contributed by atoms with Gasteiger partial charge in [-0.25, -0.2) is 0 Å². The Bertz CT molecular complexity index is 992. The van der Waals surface area contributed by atoms with Crippen molar-refractivity contribution in [2.45, 2.75) is 12.8 Å². The third kappa shape index (κ3) is 6.03. The van der Waals surface area contributed by atoms with Crippen LogP contribution in [-0.2, 0) is 22.4 Å². The zero-order valence-corrected chi connectivity index (χ0v) is 16.8.